The van der Waals surface area contributed by atoms with Gasteiger partial charge in [0.1, 0.15) is 0 Å². The number of hydrogen-bond donors (Lipinski definition) is 1. The summed E-state index contributed by atoms with van der Waals surface area (Å²) < 4.78 is 0. The number of aromatic amines is 1. The minimum Gasteiger partial charge on any atom is -0.355 e. The Morgan fingerprint density at radius 1 is 0.619 bits per heavy atom. The van der Waals surface area contributed by atoms with Crippen LogP contribution in [0.2, 0.25) is 39.3 Å². The number of nitrogens with one attached hydrogen (secondary N) is 1. The lowest BCUT2D eigenvalue weighted by Crippen LogP contribution is -2.37. The Morgan fingerprint density at radius 3 is 1.33 bits per heavy atom. The predicted molar refractivity (Wildman–Crippen MR) is 102 cm³/mol. The molecule has 0 saturated heterocycles. The molecule has 0 spiro atoms. The maximum absolute atomic E-state index is 3.57. The van der Waals surface area contributed by atoms with Crippen LogP contribution in [0.5, 0.6) is 0 Å². The molecule has 21 heavy (non-hydrogen) atoms. The zero-order valence-corrected chi connectivity index (χ0v) is 16.0. The van der Waals surface area contributed by atoms with E-state index in [0.29, 0.717) is 0 Å². The van der Waals surface area contributed by atoms with Gasteiger partial charge in [0.25, 0.3) is 0 Å². The van der Waals surface area contributed by atoms with E-state index in [1.54, 1.807) is 0 Å². The van der Waals surface area contributed by atoms with Gasteiger partial charge in [-0.05, 0) is 12.1 Å². The van der Waals surface area contributed by atoms with Crippen molar-refractivity contribution in [3.05, 3.63) is 36.4 Å². The molecule has 0 aliphatic rings. The molecule has 3 aromatic rings. The minimum absolute atomic E-state index is 1.26. The van der Waals surface area contributed by atoms with Crippen molar-refractivity contribution in [2.45, 2.75) is 39.3 Å². The van der Waals surface area contributed by atoms with E-state index in [1.165, 1.54) is 32.2 Å². The van der Waals surface area contributed by atoms with Crippen molar-refractivity contribution in [3.63, 3.8) is 0 Å². The maximum atomic E-state index is 3.57. The summed E-state index contributed by atoms with van der Waals surface area (Å²) in [4.78, 5) is 3.57. The van der Waals surface area contributed by atoms with Gasteiger partial charge in [-0.15, -0.1) is 0 Å². The Morgan fingerprint density at radius 2 is 1.00 bits per heavy atom. The van der Waals surface area contributed by atoms with Crippen LogP contribution in [0.4, 0.5) is 0 Å². The SMILES string of the molecule is C[Si](C)(C)c1ccc2[nH]c3ccc([Si](C)(C)C)cc3c2c1. The molecule has 0 unspecified atom stereocenters. The molecule has 1 aromatic heterocycles. The largest absolute Gasteiger partial charge is 0.355 e. The zero-order valence-electron chi connectivity index (χ0n) is 14.0. The summed E-state index contributed by atoms with van der Waals surface area (Å²) in [5.41, 5.74) is 2.53. The van der Waals surface area contributed by atoms with Crippen LogP contribution in [0, 0.1) is 0 Å². The summed E-state index contributed by atoms with van der Waals surface area (Å²) >= 11 is 0. The number of benzene rings is 2. The molecule has 0 atom stereocenters. The van der Waals surface area contributed by atoms with Crippen molar-refractivity contribution in [2.75, 3.05) is 0 Å². The lowest BCUT2D eigenvalue weighted by Gasteiger charge is -2.17. The summed E-state index contributed by atoms with van der Waals surface area (Å²) in [5.74, 6) is 0. The van der Waals surface area contributed by atoms with Crippen LogP contribution in [0.3, 0.4) is 0 Å². The molecule has 0 fully saturated rings. The predicted octanol–water partition coefficient (Wildman–Crippen LogP) is 4.41. The first-order valence-corrected chi connectivity index (χ1v) is 14.7. The topological polar surface area (TPSA) is 15.8 Å². The Labute approximate surface area is 129 Å². The van der Waals surface area contributed by atoms with Gasteiger partial charge in [0, 0.05) is 21.8 Å². The lowest BCUT2D eigenvalue weighted by atomic mass is 10.1. The van der Waals surface area contributed by atoms with Crippen molar-refractivity contribution >= 4 is 48.3 Å². The van der Waals surface area contributed by atoms with E-state index in [0.717, 1.165) is 0 Å². The lowest BCUT2D eigenvalue weighted by molar-refractivity contribution is 1.55. The standard InChI is InChI=1S/C18H25NSi2/c1-20(2,3)13-7-9-17-15(11-13)16-12-14(21(4,5)6)8-10-18(16)19-17/h7-12,19H,1-6H3. The molecule has 0 saturated carbocycles. The van der Waals surface area contributed by atoms with Gasteiger partial charge >= 0.3 is 0 Å². The van der Waals surface area contributed by atoms with Gasteiger partial charge in [-0.1, -0.05) is 73.9 Å². The fourth-order valence-electron chi connectivity index (χ4n) is 2.83. The molecule has 1 heterocycles. The highest BCUT2D eigenvalue weighted by Crippen LogP contribution is 2.25. The first-order chi connectivity index (χ1) is 9.66. The Hall–Kier alpha value is -1.33. The van der Waals surface area contributed by atoms with Crippen LogP contribution >= 0.6 is 0 Å². The number of fused-ring (bicyclic) bond motifs is 3. The Bertz CT molecular complexity index is 748. The van der Waals surface area contributed by atoms with E-state index < -0.39 is 16.1 Å². The molecule has 1 nitrogen and oxygen atoms in total. The summed E-state index contributed by atoms with van der Waals surface area (Å²) in [6.45, 7) is 14.5. The second kappa shape index (κ2) is 4.58. The number of H-pyrrole nitrogens is 1. The van der Waals surface area contributed by atoms with Crippen molar-refractivity contribution < 1.29 is 0 Å². The van der Waals surface area contributed by atoms with Crippen LogP contribution in [-0.4, -0.2) is 21.1 Å². The van der Waals surface area contributed by atoms with Crippen molar-refractivity contribution in [3.8, 4) is 0 Å². The zero-order chi connectivity index (χ0) is 15.4. The van der Waals surface area contributed by atoms with Gasteiger partial charge in [0.15, 0.2) is 0 Å². The molecule has 3 heteroatoms. The van der Waals surface area contributed by atoms with Crippen molar-refractivity contribution in [1.29, 1.82) is 0 Å². The Kier molecular flexibility index (Phi) is 3.19. The highest BCUT2D eigenvalue weighted by Gasteiger charge is 2.19. The fourth-order valence-corrected chi connectivity index (χ4v) is 5.15. The molecule has 0 amide bonds. The Balaban J connectivity index is 2.31. The average molecular weight is 312 g/mol. The molecule has 0 aliphatic heterocycles. The van der Waals surface area contributed by atoms with Gasteiger partial charge in [-0.3, -0.25) is 0 Å². The third-order valence-electron chi connectivity index (χ3n) is 4.33. The quantitative estimate of drug-likeness (QED) is 0.675. The molecule has 3 rings (SSSR count). The summed E-state index contributed by atoms with van der Waals surface area (Å²) in [6, 6.07) is 14.0. The molecule has 1 N–H and O–H groups in total. The van der Waals surface area contributed by atoms with Crippen molar-refractivity contribution in [1.82, 2.24) is 4.98 Å². The highest BCUT2D eigenvalue weighted by atomic mass is 28.3. The highest BCUT2D eigenvalue weighted by molar-refractivity contribution is 6.89. The van der Waals surface area contributed by atoms with E-state index >= 15 is 0 Å². The number of aromatic nitrogens is 1. The third kappa shape index (κ3) is 2.60. The van der Waals surface area contributed by atoms with Crippen LogP contribution in [0.25, 0.3) is 21.8 Å². The van der Waals surface area contributed by atoms with E-state index in [1.807, 2.05) is 0 Å². The maximum Gasteiger partial charge on any atom is 0.0776 e. The second-order valence-corrected chi connectivity index (χ2v) is 18.3. The monoisotopic (exact) mass is 311 g/mol. The van der Waals surface area contributed by atoms with Gasteiger partial charge in [-0.2, -0.15) is 0 Å². The normalized spacial score (nSPS) is 13.2. The number of hydrogen-bond acceptors (Lipinski definition) is 0. The van der Waals surface area contributed by atoms with Gasteiger partial charge in [-0.25, -0.2) is 0 Å². The average Bonchev–Trinajstić information content (AvgIpc) is 2.73. The first kappa shape index (κ1) is 14.6. The summed E-state index contributed by atoms with van der Waals surface area (Å²) in [5, 5.41) is 5.86. The van der Waals surface area contributed by atoms with Crippen LogP contribution in [0.1, 0.15) is 0 Å². The second-order valence-electron chi connectivity index (χ2n) is 8.15. The van der Waals surface area contributed by atoms with Gasteiger partial charge in [0.2, 0.25) is 0 Å². The van der Waals surface area contributed by atoms with Crippen LogP contribution in [0.15, 0.2) is 36.4 Å². The summed E-state index contributed by atoms with van der Waals surface area (Å²) in [6.07, 6.45) is 0. The molecular formula is C18H25NSi2. The van der Waals surface area contributed by atoms with E-state index in [-0.39, 0.29) is 0 Å². The summed E-state index contributed by atoms with van der Waals surface area (Å²) in [7, 11) is -2.53. The molecular weight excluding hydrogens is 286 g/mol. The minimum atomic E-state index is -1.27. The molecule has 110 valence electrons. The fraction of sp³-hybridized carbons (Fsp3) is 0.333. The molecule has 2 aromatic carbocycles. The number of rotatable bonds is 2. The van der Waals surface area contributed by atoms with Gasteiger partial charge < -0.3 is 4.98 Å². The molecule has 0 bridgehead atoms. The molecule has 0 aliphatic carbocycles. The van der Waals surface area contributed by atoms with Crippen LogP contribution < -0.4 is 10.4 Å². The van der Waals surface area contributed by atoms with Crippen LogP contribution in [-0.2, 0) is 0 Å². The first-order valence-electron chi connectivity index (χ1n) is 7.73. The third-order valence-corrected chi connectivity index (χ3v) is 8.42. The van der Waals surface area contributed by atoms with E-state index in [4.69, 9.17) is 0 Å². The van der Waals surface area contributed by atoms with Gasteiger partial charge in [0.05, 0.1) is 16.1 Å². The van der Waals surface area contributed by atoms with E-state index in [2.05, 4.69) is 80.7 Å². The smallest absolute Gasteiger partial charge is 0.0776 e. The van der Waals surface area contributed by atoms with E-state index in [9.17, 15) is 0 Å². The molecule has 0 radical (unpaired) electrons. The van der Waals surface area contributed by atoms with Crippen molar-refractivity contribution in [2.24, 2.45) is 0 Å².